The Bertz CT molecular complexity index is 1150. The van der Waals surface area contributed by atoms with E-state index in [1.807, 2.05) is 48.5 Å². The van der Waals surface area contributed by atoms with Crippen LogP contribution in [0.25, 0.3) is 11.4 Å². The second-order valence-electron chi connectivity index (χ2n) is 7.90. The Morgan fingerprint density at radius 3 is 2.47 bits per heavy atom. The molecule has 4 aromatic rings. The van der Waals surface area contributed by atoms with Crippen LogP contribution in [-0.2, 0) is 25.3 Å². The third-order valence-electron chi connectivity index (χ3n) is 5.26. The molecule has 2 heterocycles. The lowest BCUT2D eigenvalue weighted by molar-refractivity contribution is 0.00756. The molecule has 0 radical (unpaired) electrons. The van der Waals surface area contributed by atoms with Crippen molar-refractivity contribution in [3.63, 3.8) is 0 Å². The van der Waals surface area contributed by atoms with Crippen molar-refractivity contribution in [3.05, 3.63) is 76.9 Å². The summed E-state index contributed by atoms with van der Waals surface area (Å²) in [7, 11) is 0. The summed E-state index contributed by atoms with van der Waals surface area (Å²) in [4.78, 5) is 4.11. The van der Waals surface area contributed by atoms with Gasteiger partial charge in [0, 0.05) is 18.9 Å². The SMILES string of the molecule is CCCCc1nc(C(C)(F)F)nn1Cc1ccc(Cc2ccccc2-c2nnn[nH]2)cc1. The molecule has 0 bridgehead atoms. The van der Waals surface area contributed by atoms with Crippen molar-refractivity contribution in [2.24, 2.45) is 0 Å². The van der Waals surface area contributed by atoms with Crippen LogP contribution in [0.2, 0.25) is 0 Å². The molecule has 0 amide bonds. The van der Waals surface area contributed by atoms with Crippen LogP contribution in [0, 0.1) is 0 Å². The van der Waals surface area contributed by atoms with Gasteiger partial charge < -0.3 is 0 Å². The van der Waals surface area contributed by atoms with Crippen molar-refractivity contribution in [1.82, 2.24) is 35.4 Å². The molecule has 2 aromatic carbocycles. The molecule has 9 heteroatoms. The Balaban J connectivity index is 1.51. The fourth-order valence-electron chi connectivity index (χ4n) is 3.54. The molecule has 2 aromatic heterocycles. The molecule has 0 aliphatic carbocycles. The van der Waals surface area contributed by atoms with Crippen LogP contribution in [0.15, 0.2) is 48.5 Å². The Morgan fingerprint density at radius 2 is 1.78 bits per heavy atom. The zero-order valence-electron chi connectivity index (χ0n) is 18.1. The Labute approximate surface area is 184 Å². The van der Waals surface area contributed by atoms with E-state index in [0.717, 1.165) is 42.0 Å². The van der Waals surface area contributed by atoms with E-state index in [4.69, 9.17) is 0 Å². The largest absolute Gasteiger partial charge is 0.305 e. The van der Waals surface area contributed by atoms with Gasteiger partial charge >= 0.3 is 5.92 Å². The number of nitrogens with zero attached hydrogens (tertiary/aromatic N) is 6. The number of tetrazole rings is 1. The molecule has 0 saturated carbocycles. The van der Waals surface area contributed by atoms with Gasteiger partial charge in [-0.2, -0.15) is 8.78 Å². The molecule has 1 N–H and O–H groups in total. The molecule has 0 spiro atoms. The smallest absolute Gasteiger partial charge is 0.245 e. The molecule has 166 valence electrons. The van der Waals surface area contributed by atoms with Gasteiger partial charge in [-0.05, 0) is 40.0 Å². The van der Waals surface area contributed by atoms with E-state index < -0.39 is 11.7 Å². The molecular weight excluding hydrogens is 412 g/mol. The zero-order chi connectivity index (χ0) is 22.6. The molecule has 0 unspecified atom stereocenters. The van der Waals surface area contributed by atoms with Crippen LogP contribution in [0.4, 0.5) is 8.78 Å². The van der Waals surface area contributed by atoms with Crippen molar-refractivity contribution >= 4 is 0 Å². The molecule has 4 rings (SSSR count). The number of unbranched alkanes of at least 4 members (excludes halogenated alkanes) is 1. The predicted octanol–water partition coefficient (Wildman–Crippen LogP) is 4.55. The highest BCUT2D eigenvalue weighted by Crippen LogP contribution is 2.25. The summed E-state index contributed by atoms with van der Waals surface area (Å²) in [5.74, 6) is -2.24. The molecule has 0 saturated heterocycles. The lowest BCUT2D eigenvalue weighted by Crippen LogP contribution is -2.11. The normalized spacial score (nSPS) is 11.8. The van der Waals surface area contributed by atoms with E-state index in [-0.39, 0.29) is 0 Å². The summed E-state index contributed by atoms with van der Waals surface area (Å²) in [6.07, 6.45) is 3.19. The molecule has 0 aliphatic rings. The number of rotatable bonds is 9. The first-order valence-electron chi connectivity index (χ1n) is 10.7. The first kappa shape index (κ1) is 21.7. The van der Waals surface area contributed by atoms with Crippen LogP contribution in [0.5, 0.6) is 0 Å². The number of halogens is 2. The Morgan fingerprint density at radius 1 is 1.03 bits per heavy atom. The van der Waals surface area contributed by atoms with Crippen LogP contribution in [-0.4, -0.2) is 35.4 Å². The third kappa shape index (κ3) is 5.04. The van der Waals surface area contributed by atoms with Gasteiger partial charge in [0.15, 0.2) is 5.82 Å². The third-order valence-corrected chi connectivity index (χ3v) is 5.26. The van der Waals surface area contributed by atoms with E-state index in [9.17, 15) is 8.78 Å². The summed E-state index contributed by atoms with van der Waals surface area (Å²) >= 11 is 0. The second kappa shape index (κ2) is 9.33. The van der Waals surface area contributed by atoms with Crippen molar-refractivity contribution in [1.29, 1.82) is 0 Å². The van der Waals surface area contributed by atoms with Gasteiger partial charge in [0.1, 0.15) is 5.82 Å². The van der Waals surface area contributed by atoms with Gasteiger partial charge in [-0.15, -0.1) is 10.2 Å². The first-order valence-corrected chi connectivity index (χ1v) is 10.7. The van der Waals surface area contributed by atoms with Gasteiger partial charge in [-0.25, -0.2) is 14.8 Å². The minimum atomic E-state index is -3.05. The van der Waals surface area contributed by atoms with Crippen molar-refractivity contribution in [2.45, 2.75) is 52.0 Å². The van der Waals surface area contributed by atoms with Crippen LogP contribution in [0.1, 0.15) is 55.0 Å². The summed E-state index contributed by atoms with van der Waals surface area (Å²) in [5, 5.41) is 18.2. The standard InChI is InChI=1S/C23H25F2N7/c1-3-4-9-20-26-22(23(2,24)25)29-32(20)15-17-12-10-16(11-13-17)14-18-7-5-6-8-19(18)21-27-30-31-28-21/h5-8,10-13H,3-4,9,14-15H2,1-2H3,(H,27,28,30,31). The number of aryl methyl sites for hydroxylation is 1. The summed E-state index contributed by atoms with van der Waals surface area (Å²) in [5.41, 5.74) is 4.17. The summed E-state index contributed by atoms with van der Waals surface area (Å²) in [6, 6.07) is 16.1. The van der Waals surface area contributed by atoms with Gasteiger partial charge in [0.2, 0.25) is 5.82 Å². The fourth-order valence-corrected chi connectivity index (χ4v) is 3.54. The minimum Gasteiger partial charge on any atom is -0.245 e. The highest BCUT2D eigenvalue weighted by atomic mass is 19.3. The number of alkyl halides is 2. The van der Waals surface area contributed by atoms with Crippen LogP contribution < -0.4 is 0 Å². The lowest BCUT2D eigenvalue weighted by Gasteiger charge is -2.09. The Hall–Kier alpha value is -3.49. The maximum Gasteiger partial charge on any atom is 0.305 e. The van der Waals surface area contributed by atoms with Crippen molar-refractivity contribution in [2.75, 3.05) is 0 Å². The molecule has 0 fully saturated rings. The lowest BCUT2D eigenvalue weighted by atomic mass is 9.98. The maximum absolute atomic E-state index is 13.8. The number of aromatic amines is 1. The summed E-state index contributed by atoms with van der Waals surface area (Å²) in [6.45, 7) is 3.30. The average molecular weight is 437 g/mol. The van der Waals surface area contributed by atoms with E-state index in [1.165, 1.54) is 0 Å². The highest BCUT2D eigenvalue weighted by molar-refractivity contribution is 5.60. The average Bonchev–Trinajstić information content (AvgIpc) is 3.44. The number of nitrogens with one attached hydrogen (secondary N) is 1. The Kier molecular flexibility index (Phi) is 6.34. The number of benzene rings is 2. The van der Waals surface area contributed by atoms with Crippen LogP contribution in [0.3, 0.4) is 0 Å². The summed E-state index contributed by atoms with van der Waals surface area (Å²) < 4.78 is 29.1. The van der Waals surface area contributed by atoms with E-state index in [0.29, 0.717) is 31.0 Å². The van der Waals surface area contributed by atoms with Crippen LogP contribution >= 0.6 is 0 Å². The molecule has 7 nitrogen and oxygen atoms in total. The first-order chi connectivity index (χ1) is 15.4. The number of H-pyrrole nitrogens is 1. The van der Waals surface area contributed by atoms with Gasteiger partial charge in [0.25, 0.3) is 0 Å². The second-order valence-corrected chi connectivity index (χ2v) is 7.90. The number of aromatic nitrogens is 7. The topological polar surface area (TPSA) is 85.2 Å². The number of hydrogen-bond donors (Lipinski definition) is 1. The monoisotopic (exact) mass is 437 g/mol. The highest BCUT2D eigenvalue weighted by Gasteiger charge is 2.31. The molecule has 0 atom stereocenters. The number of hydrogen-bond acceptors (Lipinski definition) is 5. The van der Waals surface area contributed by atoms with Gasteiger partial charge in [-0.1, -0.05) is 61.9 Å². The van der Waals surface area contributed by atoms with Crippen molar-refractivity contribution in [3.8, 4) is 11.4 Å². The fraction of sp³-hybridized carbons (Fsp3) is 0.348. The molecule has 32 heavy (non-hydrogen) atoms. The minimum absolute atomic E-state index is 0.405. The van der Waals surface area contributed by atoms with E-state index >= 15 is 0 Å². The maximum atomic E-state index is 13.8. The zero-order valence-corrected chi connectivity index (χ0v) is 18.1. The predicted molar refractivity (Wildman–Crippen MR) is 116 cm³/mol. The van der Waals surface area contributed by atoms with E-state index in [2.05, 4.69) is 37.6 Å². The molecular formula is C23H25F2N7. The van der Waals surface area contributed by atoms with E-state index in [1.54, 1.807) is 4.68 Å². The van der Waals surface area contributed by atoms with Gasteiger partial charge in [-0.3, -0.25) is 0 Å². The molecule has 0 aliphatic heterocycles. The van der Waals surface area contributed by atoms with Gasteiger partial charge in [0.05, 0.1) is 6.54 Å². The van der Waals surface area contributed by atoms with Crippen molar-refractivity contribution < 1.29 is 8.78 Å². The quantitative estimate of drug-likeness (QED) is 0.415.